The predicted molar refractivity (Wildman–Crippen MR) is 100 cm³/mol. The lowest BCUT2D eigenvalue weighted by atomic mass is 9.95. The van der Waals surface area contributed by atoms with Crippen molar-refractivity contribution in [2.75, 3.05) is 6.26 Å². The molecule has 2 heterocycles. The lowest BCUT2D eigenvalue weighted by molar-refractivity contribution is 0.0637. The SMILES string of the molecule is CS(=O)(=O)c1cccc(-c2cnc3ccc(O[C@H]4CC[C@H](O)CC4)nn23)c1. The highest BCUT2D eigenvalue weighted by atomic mass is 32.2. The molecule has 8 heteroatoms. The van der Waals surface area contributed by atoms with E-state index in [0.717, 1.165) is 31.2 Å². The number of hydrogen-bond acceptors (Lipinski definition) is 6. The average molecular weight is 387 g/mol. The maximum atomic E-state index is 11.8. The molecule has 2 aromatic heterocycles. The van der Waals surface area contributed by atoms with Crippen molar-refractivity contribution in [2.24, 2.45) is 0 Å². The zero-order chi connectivity index (χ0) is 19.0. The summed E-state index contributed by atoms with van der Waals surface area (Å²) in [4.78, 5) is 4.60. The van der Waals surface area contributed by atoms with Gasteiger partial charge in [0, 0.05) is 17.9 Å². The Labute approximate surface area is 157 Å². The van der Waals surface area contributed by atoms with E-state index >= 15 is 0 Å². The summed E-state index contributed by atoms with van der Waals surface area (Å²) in [6.07, 6.45) is 5.74. The Morgan fingerprint density at radius 1 is 1.15 bits per heavy atom. The van der Waals surface area contributed by atoms with E-state index < -0.39 is 9.84 Å². The Morgan fingerprint density at radius 2 is 1.93 bits per heavy atom. The van der Waals surface area contributed by atoms with Crippen LogP contribution in [0.1, 0.15) is 25.7 Å². The van der Waals surface area contributed by atoms with Gasteiger partial charge in [0.25, 0.3) is 0 Å². The molecule has 0 unspecified atom stereocenters. The summed E-state index contributed by atoms with van der Waals surface area (Å²) in [5.74, 6) is 0.488. The highest BCUT2D eigenvalue weighted by Gasteiger charge is 2.21. The summed E-state index contributed by atoms with van der Waals surface area (Å²) in [6.45, 7) is 0. The monoisotopic (exact) mass is 387 g/mol. The second-order valence-electron chi connectivity index (χ2n) is 6.93. The predicted octanol–water partition coefficient (Wildman–Crippen LogP) is 2.48. The smallest absolute Gasteiger partial charge is 0.232 e. The first-order valence-electron chi connectivity index (χ1n) is 8.90. The van der Waals surface area contributed by atoms with Crippen LogP contribution in [-0.2, 0) is 9.84 Å². The van der Waals surface area contributed by atoms with Crippen LogP contribution < -0.4 is 4.74 Å². The number of imidazole rings is 1. The first kappa shape index (κ1) is 17.9. The zero-order valence-electron chi connectivity index (χ0n) is 14.9. The highest BCUT2D eigenvalue weighted by Crippen LogP contribution is 2.26. The largest absolute Gasteiger partial charge is 0.473 e. The number of aromatic nitrogens is 3. The van der Waals surface area contributed by atoms with Crippen LogP contribution in [-0.4, -0.2) is 46.6 Å². The van der Waals surface area contributed by atoms with E-state index in [1.807, 2.05) is 12.1 Å². The minimum atomic E-state index is -3.30. The normalized spacial score (nSPS) is 20.7. The summed E-state index contributed by atoms with van der Waals surface area (Å²) in [5, 5.41) is 14.2. The van der Waals surface area contributed by atoms with Crippen LogP contribution in [0, 0.1) is 0 Å². The number of fused-ring (bicyclic) bond motifs is 1. The topological polar surface area (TPSA) is 93.8 Å². The maximum absolute atomic E-state index is 11.8. The molecule has 7 nitrogen and oxygen atoms in total. The molecule has 1 aromatic carbocycles. The Hall–Kier alpha value is -2.45. The summed E-state index contributed by atoms with van der Waals surface area (Å²) in [7, 11) is -3.30. The third-order valence-corrected chi connectivity index (χ3v) is 5.94. The van der Waals surface area contributed by atoms with Gasteiger partial charge in [0.1, 0.15) is 6.10 Å². The van der Waals surface area contributed by atoms with Crippen LogP contribution in [0.4, 0.5) is 0 Å². The molecular weight excluding hydrogens is 366 g/mol. The van der Waals surface area contributed by atoms with Gasteiger partial charge in [-0.3, -0.25) is 0 Å². The lowest BCUT2D eigenvalue weighted by Gasteiger charge is -2.25. The maximum Gasteiger partial charge on any atom is 0.232 e. The van der Waals surface area contributed by atoms with Gasteiger partial charge >= 0.3 is 0 Å². The van der Waals surface area contributed by atoms with E-state index in [9.17, 15) is 13.5 Å². The number of sulfone groups is 1. The molecule has 1 saturated carbocycles. The van der Waals surface area contributed by atoms with Crippen molar-refractivity contribution >= 4 is 15.5 Å². The van der Waals surface area contributed by atoms with Crippen molar-refractivity contribution in [2.45, 2.75) is 42.8 Å². The van der Waals surface area contributed by atoms with Gasteiger partial charge in [-0.25, -0.2) is 17.9 Å². The van der Waals surface area contributed by atoms with Crippen molar-refractivity contribution in [3.63, 3.8) is 0 Å². The molecule has 0 atom stereocenters. The fourth-order valence-electron chi connectivity index (χ4n) is 3.34. The standard InChI is InChI=1S/C19H21N3O4S/c1-27(24,25)16-4-2-3-13(11-16)17-12-20-18-9-10-19(21-22(17)18)26-15-7-5-14(23)6-8-15/h2-4,9-12,14-15,23H,5-8H2,1H3/t14-,15-. The van der Waals surface area contributed by atoms with Crippen LogP contribution in [0.3, 0.4) is 0 Å². The molecule has 0 bridgehead atoms. The third kappa shape index (κ3) is 3.81. The van der Waals surface area contributed by atoms with Crippen molar-refractivity contribution in [3.05, 3.63) is 42.6 Å². The zero-order valence-corrected chi connectivity index (χ0v) is 15.8. The molecule has 0 aliphatic heterocycles. The Kier molecular flexibility index (Phi) is 4.61. The number of aliphatic hydroxyl groups excluding tert-OH is 1. The van der Waals surface area contributed by atoms with Gasteiger partial charge in [-0.05, 0) is 43.9 Å². The van der Waals surface area contributed by atoms with Crippen LogP contribution >= 0.6 is 0 Å². The fraction of sp³-hybridized carbons (Fsp3) is 0.368. The van der Waals surface area contributed by atoms with Crippen molar-refractivity contribution in [3.8, 4) is 17.1 Å². The lowest BCUT2D eigenvalue weighted by Crippen LogP contribution is -2.26. The molecule has 1 N–H and O–H groups in total. The molecule has 0 amide bonds. The number of rotatable bonds is 4. The molecule has 0 saturated heterocycles. The summed E-state index contributed by atoms with van der Waals surface area (Å²) in [6, 6.07) is 10.3. The van der Waals surface area contributed by atoms with E-state index in [1.165, 1.54) is 6.26 Å². The molecule has 0 radical (unpaired) electrons. The number of hydrogen-bond donors (Lipinski definition) is 1. The molecule has 1 aliphatic carbocycles. The van der Waals surface area contributed by atoms with E-state index in [2.05, 4.69) is 10.1 Å². The second kappa shape index (κ2) is 6.94. The number of nitrogens with zero attached hydrogens (tertiary/aromatic N) is 3. The van der Waals surface area contributed by atoms with Gasteiger partial charge in [-0.1, -0.05) is 12.1 Å². The molecule has 1 aliphatic rings. The third-order valence-electron chi connectivity index (χ3n) is 4.83. The number of ether oxygens (including phenoxy) is 1. The van der Waals surface area contributed by atoms with E-state index in [4.69, 9.17) is 4.74 Å². The Balaban J connectivity index is 1.67. The first-order chi connectivity index (χ1) is 12.9. The van der Waals surface area contributed by atoms with E-state index in [-0.39, 0.29) is 17.1 Å². The first-order valence-corrected chi connectivity index (χ1v) is 10.8. The van der Waals surface area contributed by atoms with Crippen molar-refractivity contribution < 1.29 is 18.3 Å². The fourth-order valence-corrected chi connectivity index (χ4v) is 4.00. The molecule has 1 fully saturated rings. The van der Waals surface area contributed by atoms with E-state index in [0.29, 0.717) is 17.2 Å². The summed E-state index contributed by atoms with van der Waals surface area (Å²) in [5.41, 5.74) is 2.07. The second-order valence-corrected chi connectivity index (χ2v) is 8.95. The quantitative estimate of drug-likeness (QED) is 0.739. The van der Waals surface area contributed by atoms with E-state index in [1.54, 1.807) is 35.0 Å². The Morgan fingerprint density at radius 3 is 2.67 bits per heavy atom. The molecule has 3 aromatic rings. The van der Waals surface area contributed by atoms with Crippen LogP contribution in [0.25, 0.3) is 16.9 Å². The van der Waals surface area contributed by atoms with Gasteiger partial charge in [-0.2, -0.15) is 0 Å². The molecule has 0 spiro atoms. The molecule has 27 heavy (non-hydrogen) atoms. The van der Waals surface area contributed by atoms with Crippen LogP contribution in [0.5, 0.6) is 5.88 Å². The Bertz CT molecular complexity index is 1070. The molecular formula is C19H21N3O4S. The molecule has 4 rings (SSSR count). The molecule has 142 valence electrons. The van der Waals surface area contributed by atoms with Gasteiger partial charge in [0.05, 0.1) is 22.9 Å². The van der Waals surface area contributed by atoms with Crippen molar-refractivity contribution in [1.82, 2.24) is 14.6 Å². The van der Waals surface area contributed by atoms with Crippen molar-refractivity contribution in [1.29, 1.82) is 0 Å². The number of aliphatic hydroxyl groups is 1. The average Bonchev–Trinajstić information content (AvgIpc) is 3.06. The number of benzene rings is 1. The summed E-state index contributed by atoms with van der Waals surface area (Å²) < 4.78 is 31.3. The minimum absolute atomic E-state index is 0.0406. The van der Waals surface area contributed by atoms with Gasteiger partial charge in [-0.15, -0.1) is 5.10 Å². The minimum Gasteiger partial charge on any atom is -0.473 e. The van der Waals surface area contributed by atoms with Gasteiger partial charge < -0.3 is 9.84 Å². The van der Waals surface area contributed by atoms with Gasteiger partial charge in [0.15, 0.2) is 15.5 Å². The summed E-state index contributed by atoms with van der Waals surface area (Å²) >= 11 is 0. The highest BCUT2D eigenvalue weighted by molar-refractivity contribution is 7.90. The van der Waals surface area contributed by atoms with Crippen LogP contribution in [0.15, 0.2) is 47.5 Å². The van der Waals surface area contributed by atoms with Gasteiger partial charge in [0.2, 0.25) is 5.88 Å². The van der Waals surface area contributed by atoms with Crippen LogP contribution in [0.2, 0.25) is 0 Å².